The molecular formula is C30H35N5O2. The molecule has 3 aromatic rings. The van der Waals surface area contributed by atoms with E-state index in [1.165, 1.54) is 0 Å². The molecule has 1 saturated heterocycles. The van der Waals surface area contributed by atoms with Crippen molar-refractivity contribution in [2.75, 3.05) is 51.3 Å². The largest absolute Gasteiger partial charge is 0.385 e. The van der Waals surface area contributed by atoms with Gasteiger partial charge in [0.2, 0.25) is 5.95 Å². The molecule has 2 N–H and O–H groups in total. The van der Waals surface area contributed by atoms with Crippen molar-refractivity contribution < 1.29 is 9.47 Å². The molecule has 0 radical (unpaired) electrons. The van der Waals surface area contributed by atoms with Crippen molar-refractivity contribution in [3.63, 3.8) is 0 Å². The molecule has 1 fully saturated rings. The highest BCUT2D eigenvalue weighted by molar-refractivity contribution is 5.73. The van der Waals surface area contributed by atoms with E-state index in [0.29, 0.717) is 19.2 Å². The van der Waals surface area contributed by atoms with E-state index in [4.69, 9.17) is 14.5 Å². The fraction of sp³-hybridized carbons (Fsp3) is 0.333. The lowest BCUT2D eigenvalue weighted by atomic mass is 10.1. The SMILES string of the molecule is C=C(NCCCN1CCOCC1)c1cc2cc(c1)Nc1ncc(C)c(n1)-c1cccc(c1)COCC=C2. The van der Waals surface area contributed by atoms with Crippen molar-refractivity contribution in [2.45, 2.75) is 20.0 Å². The van der Waals surface area contributed by atoms with E-state index in [2.05, 4.69) is 69.6 Å². The molecule has 0 spiro atoms. The van der Waals surface area contributed by atoms with Crippen LogP contribution in [-0.2, 0) is 16.1 Å². The lowest BCUT2D eigenvalue weighted by Gasteiger charge is -2.26. The standard InChI is InChI=1S/C30H35N5O2/c1-22-20-32-30-33-28-18-24(7-4-13-37-21-25-6-3-8-26(17-25)29(22)34-30)16-27(19-28)23(2)31-9-5-10-35-11-14-36-15-12-35/h3-4,6-8,16-20,31H,2,5,9-15,21H2,1H3,(H,32,33,34). The minimum Gasteiger partial charge on any atom is -0.385 e. The number of anilines is 2. The number of rotatable bonds is 6. The molecule has 1 aromatic heterocycles. The number of nitrogens with one attached hydrogen (secondary N) is 2. The zero-order valence-electron chi connectivity index (χ0n) is 21.5. The quantitative estimate of drug-likeness (QED) is 0.463. The first kappa shape index (κ1) is 25.1. The van der Waals surface area contributed by atoms with Gasteiger partial charge in [-0.3, -0.25) is 4.90 Å². The molecule has 0 amide bonds. The maximum absolute atomic E-state index is 5.92. The molecule has 192 valence electrons. The molecule has 5 rings (SSSR count). The van der Waals surface area contributed by atoms with Gasteiger partial charge < -0.3 is 20.1 Å². The Bertz CT molecular complexity index is 1270. The highest BCUT2D eigenvalue weighted by Crippen LogP contribution is 2.26. The van der Waals surface area contributed by atoms with Crippen LogP contribution in [-0.4, -0.2) is 60.9 Å². The summed E-state index contributed by atoms with van der Waals surface area (Å²) >= 11 is 0. The number of fused-ring (bicyclic) bond motifs is 7. The van der Waals surface area contributed by atoms with Crippen LogP contribution in [0.4, 0.5) is 11.6 Å². The van der Waals surface area contributed by atoms with E-state index in [0.717, 1.165) is 90.7 Å². The summed E-state index contributed by atoms with van der Waals surface area (Å²) in [6.45, 7) is 13.1. The number of aromatic nitrogens is 2. The Labute approximate surface area is 219 Å². The molecule has 7 nitrogen and oxygen atoms in total. The molecule has 7 heteroatoms. The van der Waals surface area contributed by atoms with Gasteiger partial charge in [-0.15, -0.1) is 0 Å². The van der Waals surface area contributed by atoms with E-state index in [9.17, 15) is 0 Å². The summed E-state index contributed by atoms with van der Waals surface area (Å²) in [6, 6.07) is 14.7. The predicted molar refractivity (Wildman–Crippen MR) is 150 cm³/mol. The van der Waals surface area contributed by atoms with Gasteiger partial charge in [0, 0.05) is 42.8 Å². The number of hydrogen-bond acceptors (Lipinski definition) is 7. The van der Waals surface area contributed by atoms with Gasteiger partial charge in [0.25, 0.3) is 0 Å². The van der Waals surface area contributed by atoms with Crippen LogP contribution in [0.5, 0.6) is 0 Å². The van der Waals surface area contributed by atoms with Crippen LogP contribution in [0.25, 0.3) is 23.0 Å². The van der Waals surface area contributed by atoms with E-state index >= 15 is 0 Å². The van der Waals surface area contributed by atoms with Crippen molar-refractivity contribution in [1.29, 1.82) is 0 Å². The smallest absolute Gasteiger partial charge is 0.227 e. The van der Waals surface area contributed by atoms with Crippen LogP contribution in [0.1, 0.15) is 28.7 Å². The van der Waals surface area contributed by atoms with Gasteiger partial charge in [-0.05, 0) is 66.4 Å². The third kappa shape index (κ3) is 6.83. The summed E-state index contributed by atoms with van der Waals surface area (Å²) in [6.07, 6.45) is 7.05. The molecular weight excluding hydrogens is 462 g/mol. The minimum atomic E-state index is 0.532. The summed E-state index contributed by atoms with van der Waals surface area (Å²) in [7, 11) is 0. The number of nitrogens with zero attached hydrogens (tertiary/aromatic N) is 3. The zero-order valence-corrected chi connectivity index (χ0v) is 21.5. The Morgan fingerprint density at radius 3 is 2.92 bits per heavy atom. The molecule has 3 heterocycles. The maximum atomic E-state index is 5.92. The van der Waals surface area contributed by atoms with Crippen molar-refractivity contribution >= 4 is 23.4 Å². The zero-order chi connectivity index (χ0) is 25.5. The van der Waals surface area contributed by atoms with Crippen molar-refractivity contribution in [3.05, 3.63) is 83.6 Å². The van der Waals surface area contributed by atoms with Gasteiger partial charge >= 0.3 is 0 Å². The molecule has 37 heavy (non-hydrogen) atoms. The molecule has 2 aliphatic rings. The lowest BCUT2D eigenvalue weighted by Crippen LogP contribution is -2.37. The number of ether oxygens (including phenoxy) is 2. The first-order valence-electron chi connectivity index (χ1n) is 13.0. The lowest BCUT2D eigenvalue weighted by molar-refractivity contribution is 0.0376. The van der Waals surface area contributed by atoms with Crippen molar-refractivity contribution in [2.24, 2.45) is 0 Å². The summed E-state index contributed by atoms with van der Waals surface area (Å²) in [5.41, 5.74) is 8.01. The minimum absolute atomic E-state index is 0.532. The predicted octanol–water partition coefficient (Wildman–Crippen LogP) is 5.02. The van der Waals surface area contributed by atoms with Crippen LogP contribution < -0.4 is 10.6 Å². The summed E-state index contributed by atoms with van der Waals surface area (Å²) in [5, 5.41) is 6.93. The third-order valence-corrected chi connectivity index (χ3v) is 6.62. The van der Waals surface area contributed by atoms with Crippen LogP contribution in [0, 0.1) is 6.92 Å². The normalized spacial score (nSPS) is 15.8. The second-order valence-corrected chi connectivity index (χ2v) is 9.52. The summed E-state index contributed by atoms with van der Waals surface area (Å²) < 4.78 is 11.4. The molecule has 2 aromatic carbocycles. The van der Waals surface area contributed by atoms with E-state index in [-0.39, 0.29) is 0 Å². The number of hydrogen-bond donors (Lipinski definition) is 2. The Hall–Kier alpha value is -3.52. The van der Waals surface area contributed by atoms with Crippen LogP contribution in [0.2, 0.25) is 0 Å². The highest BCUT2D eigenvalue weighted by atomic mass is 16.5. The average molecular weight is 498 g/mol. The van der Waals surface area contributed by atoms with Crippen molar-refractivity contribution in [3.8, 4) is 11.3 Å². The fourth-order valence-electron chi connectivity index (χ4n) is 4.62. The molecule has 6 bridgehead atoms. The van der Waals surface area contributed by atoms with Crippen LogP contribution in [0.15, 0.2) is 61.3 Å². The molecule has 0 unspecified atom stereocenters. The highest BCUT2D eigenvalue weighted by Gasteiger charge is 2.11. The van der Waals surface area contributed by atoms with Gasteiger partial charge in [-0.1, -0.05) is 36.9 Å². The average Bonchev–Trinajstić information content (AvgIpc) is 2.92. The van der Waals surface area contributed by atoms with E-state index in [1.54, 1.807) is 0 Å². The first-order chi connectivity index (χ1) is 18.1. The Kier molecular flexibility index (Phi) is 8.25. The maximum Gasteiger partial charge on any atom is 0.227 e. The second-order valence-electron chi connectivity index (χ2n) is 9.52. The van der Waals surface area contributed by atoms with E-state index < -0.39 is 0 Å². The summed E-state index contributed by atoms with van der Waals surface area (Å²) in [5.74, 6) is 0.563. The Morgan fingerprint density at radius 2 is 2.03 bits per heavy atom. The second kappa shape index (κ2) is 12.1. The van der Waals surface area contributed by atoms with Gasteiger partial charge in [-0.25, -0.2) is 9.97 Å². The van der Waals surface area contributed by atoms with Crippen LogP contribution >= 0.6 is 0 Å². The monoisotopic (exact) mass is 497 g/mol. The van der Waals surface area contributed by atoms with Gasteiger partial charge in [-0.2, -0.15) is 0 Å². The summed E-state index contributed by atoms with van der Waals surface area (Å²) in [4.78, 5) is 11.9. The topological polar surface area (TPSA) is 71.5 Å². The van der Waals surface area contributed by atoms with Crippen LogP contribution in [0.3, 0.4) is 0 Å². The number of morpholine rings is 1. The number of aryl methyl sites for hydroxylation is 1. The molecule has 2 aliphatic heterocycles. The molecule has 0 saturated carbocycles. The Morgan fingerprint density at radius 1 is 1.14 bits per heavy atom. The fourth-order valence-corrected chi connectivity index (χ4v) is 4.62. The molecule has 0 atom stereocenters. The number of benzene rings is 2. The first-order valence-corrected chi connectivity index (χ1v) is 13.0. The molecule has 0 aliphatic carbocycles. The van der Waals surface area contributed by atoms with Crippen molar-refractivity contribution in [1.82, 2.24) is 20.2 Å². The van der Waals surface area contributed by atoms with Gasteiger partial charge in [0.05, 0.1) is 32.1 Å². The van der Waals surface area contributed by atoms with Gasteiger partial charge in [0.1, 0.15) is 0 Å². The third-order valence-electron chi connectivity index (χ3n) is 6.62. The van der Waals surface area contributed by atoms with Gasteiger partial charge in [0.15, 0.2) is 0 Å². The van der Waals surface area contributed by atoms with E-state index in [1.807, 2.05) is 25.3 Å². The Balaban J connectivity index is 1.35.